The summed E-state index contributed by atoms with van der Waals surface area (Å²) in [6.45, 7) is 0.716. The Morgan fingerprint density at radius 2 is 2.26 bits per heavy atom. The number of aromatic amines is 1. The number of hydrogen-bond acceptors (Lipinski definition) is 5. The second-order valence-electron chi connectivity index (χ2n) is 4.07. The van der Waals surface area contributed by atoms with Gasteiger partial charge in [0.05, 0.1) is 18.4 Å². The van der Waals surface area contributed by atoms with Gasteiger partial charge in [0.15, 0.2) is 0 Å². The predicted octanol–water partition coefficient (Wildman–Crippen LogP) is -1.71. The Morgan fingerprint density at radius 3 is 2.79 bits per heavy atom. The van der Waals surface area contributed by atoms with E-state index in [1.54, 1.807) is 0 Å². The molecule has 1 fully saturated rings. The number of amides is 1. The molecule has 1 atom stereocenters. The van der Waals surface area contributed by atoms with Crippen molar-refractivity contribution >= 4 is 21.9 Å². The molecule has 3 N–H and O–H groups in total. The highest BCUT2D eigenvalue weighted by molar-refractivity contribution is 7.89. The summed E-state index contributed by atoms with van der Waals surface area (Å²) in [5, 5.41) is 17.4. The van der Waals surface area contributed by atoms with Crippen LogP contribution < -0.4 is 5.32 Å². The maximum Gasteiger partial charge on any atom is 0.323 e. The summed E-state index contributed by atoms with van der Waals surface area (Å²) in [7, 11) is -4.08. The van der Waals surface area contributed by atoms with Crippen LogP contribution in [0.3, 0.4) is 0 Å². The lowest BCUT2D eigenvalue weighted by molar-refractivity contribution is -0.143. The molecule has 0 aromatic carbocycles. The van der Waals surface area contributed by atoms with E-state index in [0.717, 1.165) is 6.20 Å². The lowest BCUT2D eigenvalue weighted by Gasteiger charge is -2.31. The highest BCUT2D eigenvalue weighted by Crippen LogP contribution is 2.21. The van der Waals surface area contributed by atoms with Crippen LogP contribution in [0.15, 0.2) is 11.1 Å². The number of carboxylic acid groups (broad SMARTS) is 1. The van der Waals surface area contributed by atoms with Gasteiger partial charge in [-0.25, -0.2) is 8.42 Å². The third-order valence-electron chi connectivity index (χ3n) is 2.80. The van der Waals surface area contributed by atoms with E-state index in [4.69, 9.17) is 5.11 Å². The third-order valence-corrected chi connectivity index (χ3v) is 4.76. The number of aryl methyl sites for hydroxylation is 1. The third kappa shape index (κ3) is 2.31. The number of H-pyrrole nitrogens is 1. The van der Waals surface area contributed by atoms with Crippen LogP contribution in [0.25, 0.3) is 0 Å². The molecule has 2 rings (SSSR count). The zero-order valence-electron chi connectivity index (χ0n) is 9.95. The molecule has 104 valence electrons. The van der Waals surface area contributed by atoms with Gasteiger partial charge in [-0.15, -0.1) is 0 Å². The van der Waals surface area contributed by atoms with Gasteiger partial charge in [0.25, 0.3) is 0 Å². The Balaban J connectivity index is 2.44. The van der Waals surface area contributed by atoms with Gasteiger partial charge in [0.1, 0.15) is 10.9 Å². The van der Waals surface area contributed by atoms with Crippen molar-refractivity contribution in [1.29, 1.82) is 0 Å². The van der Waals surface area contributed by atoms with Crippen LogP contribution >= 0.6 is 0 Å². The van der Waals surface area contributed by atoms with Crippen molar-refractivity contribution in [2.75, 3.05) is 13.1 Å². The van der Waals surface area contributed by atoms with E-state index in [9.17, 15) is 18.0 Å². The molecule has 0 radical (unpaired) electrons. The number of aliphatic carboxylic acids is 1. The van der Waals surface area contributed by atoms with E-state index in [0.29, 0.717) is 4.31 Å². The molecule has 1 unspecified atom stereocenters. The van der Waals surface area contributed by atoms with Crippen molar-refractivity contribution in [3.8, 4) is 0 Å². The molecule has 9 nitrogen and oxygen atoms in total. The number of rotatable bonds is 3. The van der Waals surface area contributed by atoms with E-state index in [-0.39, 0.29) is 17.1 Å². The van der Waals surface area contributed by atoms with Crippen molar-refractivity contribution in [2.24, 2.45) is 0 Å². The number of hydrogen-bond donors (Lipinski definition) is 3. The second-order valence-corrected chi connectivity index (χ2v) is 5.93. The molecule has 2 heterocycles. The van der Waals surface area contributed by atoms with Crippen LogP contribution in [0.1, 0.15) is 5.69 Å². The van der Waals surface area contributed by atoms with E-state index in [1.807, 2.05) is 0 Å². The van der Waals surface area contributed by atoms with Crippen LogP contribution in [-0.2, 0) is 19.6 Å². The summed E-state index contributed by atoms with van der Waals surface area (Å²) in [5.41, 5.74) is 0.287. The van der Waals surface area contributed by atoms with E-state index in [2.05, 4.69) is 15.5 Å². The van der Waals surface area contributed by atoms with Gasteiger partial charge >= 0.3 is 5.97 Å². The zero-order chi connectivity index (χ0) is 14.2. The summed E-state index contributed by atoms with van der Waals surface area (Å²) >= 11 is 0. The van der Waals surface area contributed by atoms with Crippen molar-refractivity contribution in [1.82, 2.24) is 19.8 Å². The molecule has 0 spiro atoms. The first-order valence-electron chi connectivity index (χ1n) is 5.35. The van der Waals surface area contributed by atoms with Crippen molar-refractivity contribution in [3.05, 3.63) is 11.9 Å². The first-order chi connectivity index (χ1) is 8.84. The van der Waals surface area contributed by atoms with Gasteiger partial charge in [-0.1, -0.05) is 0 Å². The topological polar surface area (TPSA) is 132 Å². The summed E-state index contributed by atoms with van der Waals surface area (Å²) in [6, 6.07) is -1.32. The highest BCUT2D eigenvalue weighted by Gasteiger charge is 2.41. The number of piperazine rings is 1. The van der Waals surface area contributed by atoms with E-state index >= 15 is 0 Å². The second kappa shape index (κ2) is 4.63. The molecule has 1 aromatic heterocycles. The van der Waals surface area contributed by atoms with E-state index in [1.165, 1.54) is 6.92 Å². The number of aromatic nitrogens is 2. The molecule has 10 heteroatoms. The molecule has 0 bridgehead atoms. The molecule has 0 saturated carbocycles. The fourth-order valence-corrected chi connectivity index (χ4v) is 3.47. The first kappa shape index (κ1) is 13.5. The Bertz CT molecular complexity index is 622. The molecule has 1 aliphatic heterocycles. The number of nitrogens with one attached hydrogen (secondary N) is 2. The van der Waals surface area contributed by atoms with Crippen molar-refractivity contribution < 1.29 is 23.1 Å². The molecule has 0 aliphatic carbocycles. The Kier molecular flexibility index (Phi) is 3.28. The Labute approximate surface area is 108 Å². The maximum atomic E-state index is 12.4. The van der Waals surface area contributed by atoms with E-state index < -0.39 is 34.5 Å². The zero-order valence-corrected chi connectivity index (χ0v) is 10.8. The average molecular weight is 288 g/mol. The average Bonchev–Trinajstić information content (AvgIpc) is 2.75. The predicted molar refractivity (Wildman–Crippen MR) is 61.7 cm³/mol. The Morgan fingerprint density at radius 1 is 1.58 bits per heavy atom. The van der Waals surface area contributed by atoms with Gasteiger partial charge in [-0.05, 0) is 6.92 Å². The van der Waals surface area contributed by atoms with Crippen LogP contribution in [0.5, 0.6) is 0 Å². The maximum absolute atomic E-state index is 12.4. The van der Waals surface area contributed by atoms with Crippen LogP contribution in [0.2, 0.25) is 0 Å². The molecule has 19 heavy (non-hydrogen) atoms. The molecule has 1 amide bonds. The SMILES string of the molecule is Cc1[nH]ncc1S(=O)(=O)N1CC(=O)NCC1C(=O)O. The van der Waals surface area contributed by atoms with Gasteiger partial charge < -0.3 is 10.4 Å². The number of carboxylic acids is 1. The van der Waals surface area contributed by atoms with Crippen molar-refractivity contribution in [3.63, 3.8) is 0 Å². The minimum absolute atomic E-state index is 0.131. The Hall–Kier alpha value is -1.94. The first-order valence-corrected chi connectivity index (χ1v) is 6.79. The molecule has 1 aliphatic rings. The van der Waals surface area contributed by atoms with Gasteiger partial charge in [0, 0.05) is 6.54 Å². The van der Waals surface area contributed by atoms with Crippen LogP contribution in [0, 0.1) is 6.92 Å². The monoisotopic (exact) mass is 288 g/mol. The number of carbonyl (C=O) groups is 2. The highest BCUT2D eigenvalue weighted by atomic mass is 32.2. The smallest absolute Gasteiger partial charge is 0.323 e. The fraction of sp³-hybridized carbons (Fsp3) is 0.444. The molecule has 1 saturated heterocycles. The minimum Gasteiger partial charge on any atom is -0.480 e. The molecular weight excluding hydrogens is 276 g/mol. The summed E-state index contributed by atoms with van der Waals surface area (Å²) in [5.74, 6) is -1.85. The molecule has 1 aromatic rings. The minimum atomic E-state index is -4.08. The van der Waals surface area contributed by atoms with Crippen LogP contribution in [-0.4, -0.2) is 59.0 Å². The van der Waals surface area contributed by atoms with Crippen molar-refractivity contribution in [2.45, 2.75) is 17.9 Å². The van der Waals surface area contributed by atoms with Gasteiger partial charge in [0.2, 0.25) is 15.9 Å². The largest absolute Gasteiger partial charge is 0.480 e. The standard InChI is InChI=1S/C9H12N4O5S/c1-5-7(3-11-12-5)19(17,18)13-4-8(14)10-2-6(13)9(15)16/h3,6H,2,4H2,1H3,(H,10,14)(H,11,12)(H,15,16). The lowest BCUT2D eigenvalue weighted by Crippen LogP contribution is -2.59. The normalized spacial score (nSPS) is 21.1. The summed E-state index contributed by atoms with van der Waals surface area (Å²) in [6.07, 6.45) is 1.09. The lowest BCUT2D eigenvalue weighted by atomic mass is 10.2. The number of nitrogens with zero attached hydrogens (tertiary/aromatic N) is 2. The summed E-state index contributed by atoms with van der Waals surface area (Å²) in [4.78, 5) is 22.3. The van der Waals surface area contributed by atoms with Gasteiger partial charge in [-0.2, -0.15) is 9.40 Å². The van der Waals surface area contributed by atoms with Gasteiger partial charge in [-0.3, -0.25) is 14.7 Å². The number of sulfonamides is 1. The summed E-state index contributed by atoms with van der Waals surface area (Å²) < 4.78 is 25.4. The molecular formula is C9H12N4O5S. The quantitative estimate of drug-likeness (QED) is 0.606. The number of carbonyl (C=O) groups excluding carboxylic acids is 1. The van der Waals surface area contributed by atoms with Crippen LogP contribution in [0.4, 0.5) is 0 Å². The fourth-order valence-electron chi connectivity index (χ4n) is 1.81.